The van der Waals surface area contributed by atoms with Gasteiger partial charge in [0, 0.05) is 25.8 Å². The summed E-state index contributed by atoms with van der Waals surface area (Å²) in [5.41, 5.74) is 3.11. The van der Waals surface area contributed by atoms with Crippen LogP contribution in [0.4, 0.5) is 0 Å². The second-order valence-electron chi connectivity index (χ2n) is 5.48. The predicted molar refractivity (Wildman–Crippen MR) is 84.2 cm³/mol. The standard InChI is InChI=1S/C17H21N3O2/c1-3-20-11-8-16(18-20)17(21)19-9-6-13-4-5-15(22-2)12-14(13)7-10-19/h4-5,8,11-12H,3,6-7,9-10H2,1-2H3. The Morgan fingerprint density at radius 2 is 2.00 bits per heavy atom. The first-order valence-corrected chi connectivity index (χ1v) is 7.69. The van der Waals surface area contributed by atoms with Crippen molar-refractivity contribution in [3.8, 4) is 5.75 Å². The van der Waals surface area contributed by atoms with Crippen LogP contribution in [0.1, 0.15) is 28.5 Å². The molecule has 5 nitrogen and oxygen atoms in total. The molecule has 3 rings (SSSR count). The van der Waals surface area contributed by atoms with Crippen molar-refractivity contribution in [3.63, 3.8) is 0 Å². The lowest BCUT2D eigenvalue weighted by molar-refractivity contribution is 0.0756. The molecular formula is C17H21N3O2. The molecule has 1 aliphatic heterocycles. The maximum Gasteiger partial charge on any atom is 0.274 e. The Balaban J connectivity index is 1.74. The van der Waals surface area contributed by atoms with Crippen molar-refractivity contribution in [2.75, 3.05) is 20.2 Å². The summed E-state index contributed by atoms with van der Waals surface area (Å²) in [5, 5.41) is 4.32. The lowest BCUT2D eigenvalue weighted by Crippen LogP contribution is -2.33. The summed E-state index contributed by atoms with van der Waals surface area (Å²) in [6, 6.07) is 7.97. The van der Waals surface area contributed by atoms with Gasteiger partial charge in [0.1, 0.15) is 11.4 Å². The van der Waals surface area contributed by atoms with Gasteiger partial charge in [-0.3, -0.25) is 9.48 Å². The number of methoxy groups -OCH3 is 1. The monoisotopic (exact) mass is 299 g/mol. The number of benzene rings is 1. The Labute approximate surface area is 130 Å². The number of hydrogen-bond acceptors (Lipinski definition) is 3. The number of aryl methyl sites for hydroxylation is 1. The van der Waals surface area contributed by atoms with Crippen LogP contribution in [0.2, 0.25) is 0 Å². The molecule has 116 valence electrons. The molecule has 22 heavy (non-hydrogen) atoms. The zero-order chi connectivity index (χ0) is 15.5. The van der Waals surface area contributed by atoms with E-state index in [0.717, 1.165) is 38.2 Å². The smallest absolute Gasteiger partial charge is 0.274 e. The third-order valence-corrected chi connectivity index (χ3v) is 4.19. The summed E-state index contributed by atoms with van der Waals surface area (Å²) in [6.45, 7) is 4.24. The summed E-state index contributed by atoms with van der Waals surface area (Å²) < 4.78 is 7.07. The average molecular weight is 299 g/mol. The third-order valence-electron chi connectivity index (χ3n) is 4.19. The molecule has 2 heterocycles. The summed E-state index contributed by atoms with van der Waals surface area (Å²) in [7, 11) is 1.68. The largest absolute Gasteiger partial charge is 0.497 e. The minimum Gasteiger partial charge on any atom is -0.497 e. The van der Waals surface area contributed by atoms with Crippen LogP contribution < -0.4 is 4.74 Å². The van der Waals surface area contributed by atoms with Crippen LogP contribution in [-0.4, -0.2) is 40.8 Å². The topological polar surface area (TPSA) is 47.4 Å². The van der Waals surface area contributed by atoms with Crippen LogP contribution in [0.15, 0.2) is 30.5 Å². The van der Waals surface area contributed by atoms with Gasteiger partial charge in [-0.05, 0) is 49.1 Å². The number of fused-ring (bicyclic) bond motifs is 1. The first-order chi connectivity index (χ1) is 10.7. The highest BCUT2D eigenvalue weighted by Crippen LogP contribution is 2.22. The first-order valence-electron chi connectivity index (χ1n) is 7.69. The van der Waals surface area contributed by atoms with E-state index in [1.54, 1.807) is 17.9 Å². The zero-order valence-corrected chi connectivity index (χ0v) is 13.1. The second-order valence-corrected chi connectivity index (χ2v) is 5.48. The normalized spacial score (nSPS) is 14.4. The van der Waals surface area contributed by atoms with E-state index in [0.29, 0.717) is 5.69 Å². The maximum atomic E-state index is 12.6. The number of amides is 1. The second kappa shape index (κ2) is 6.22. The van der Waals surface area contributed by atoms with Crippen molar-refractivity contribution < 1.29 is 9.53 Å². The highest BCUT2D eigenvalue weighted by molar-refractivity contribution is 5.92. The van der Waals surface area contributed by atoms with Crippen LogP contribution in [0.25, 0.3) is 0 Å². The fraction of sp³-hybridized carbons (Fsp3) is 0.412. The van der Waals surface area contributed by atoms with Gasteiger partial charge in [0.25, 0.3) is 5.91 Å². The van der Waals surface area contributed by atoms with E-state index in [9.17, 15) is 4.79 Å². The van der Waals surface area contributed by atoms with Crippen LogP contribution in [0.5, 0.6) is 5.75 Å². The Hall–Kier alpha value is -2.30. The van der Waals surface area contributed by atoms with E-state index in [1.807, 2.05) is 24.1 Å². The highest BCUT2D eigenvalue weighted by Gasteiger charge is 2.21. The van der Waals surface area contributed by atoms with E-state index >= 15 is 0 Å². The van der Waals surface area contributed by atoms with Crippen molar-refractivity contribution in [1.29, 1.82) is 0 Å². The van der Waals surface area contributed by atoms with Gasteiger partial charge in [0.2, 0.25) is 0 Å². The molecule has 5 heteroatoms. The molecule has 0 saturated carbocycles. The number of hydrogen-bond donors (Lipinski definition) is 0. The summed E-state index contributed by atoms with van der Waals surface area (Å²) >= 11 is 0. The van der Waals surface area contributed by atoms with Gasteiger partial charge >= 0.3 is 0 Å². The lowest BCUT2D eigenvalue weighted by Gasteiger charge is -2.18. The summed E-state index contributed by atoms with van der Waals surface area (Å²) in [5.74, 6) is 0.896. The Kier molecular flexibility index (Phi) is 4.13. The highest BCUT2D eigenvalue weighted by atomic mass is 16.5. The summed E-state index contributed by atoms with van der Waals surface area (Å²) in [6.07, 6.45) is 3.58. The molecule has 0 fully saturated rings. The minimum absolute atomic E-state index is 0.0203. The van der Waals surface area contributed by atoms with Crippen LogP contribution in [-0.2, 0) is 19.4 Å². The van der Waals surface area contributed by atoms with Crippen molar-refractivity contribution >= 4 is 5.91 Å². The fourth-order valence-corrected chi connectivity index (χ4v) is 2.85. The molecule has 2 aromatic rings. The zero-order valence-electron chi connectivity index (χ0n) is 13.1. The molecular weight excluding hydrogens is 278 g/mol. The van der Waals surface area contributed by atoms with Gasteiger partial charge in [0.05, 0.1) is 7.11 Å². The molecule has 0 radical (unpaired) electrons. The molecule has 1 aromatic carbocycles. The third kappa shape index (κ3) is 2.84. The molecule has 1 amide bonds. The molecule has 0 aliphatic carbocycles. The number of rotatable bonds is 3. The van der Waals surface area contributed by atoms with E-state index < -0.39 is 0 Å². The Morgan fingerprint density at radius 3 is 2.68 bits per heavy atom. The van der Waals surface area contributed by atoms with Crippen LogP contribution >= 0.6 is 0 Å². The Bertz CT molecular complexity index is 678. The molecule has 0 N–H and O–H groups in total. The lowest BCUT2D eigenvalue weighted by atomic mass is 10.0. The van der Waals surface area contributed by atoms with Crippen molar-refractivity contribution in [2.24, 2.45) is 0 Å². The predicted octanol–water partition coefficient (Wildman–Crippen LogP) is 2.15. The number of nitrogens with zero attached hydrogens (tertiary/aromatic N) is 3. The fourth-order valence-electron chi connectivity index (χ4n) is 2.85. The molecule has 1 aromatic heterocycles. The minimum atomic E-state index is 0.0203. The van der Waals surface area contributed by atoms with Gasteiger partial charge in [0.15, 0.2) is 0 Å². The molecule has 0 unspecified atom stereocenters. The maximum absolute atomic E-state index is 12.6. The average Bonchev–Trinajstić information content (AvgIpc) is 2.94. The van der Waals surface area contributed by atoms with Gasteiger partial charge in [-0.15, -0.1) is 0 Å². The SMILES string of the molecule is CCn1ccc(C(=O)N2CCc3ccc(OC)cc3CC2)n1. The van der Waals surface area contributed by atoms with E-state index in [2.05, 4.69) is 17.2 Å². The van der Waals surface area contributed by atoms with Crippen LogP contribution in [0.3, 0.4) is 0 Å². The molecule has 0 bridgehead atoms. The molecule has 1 aliphatic rings. The van der Waals surface area contributed by atoms with E-state index in [-0.39, 0.29) is 5.91 Å². The quantitative estimate of drug-likeness (QED) is 0.872. The number of carbonyl (C=O) groups is 1. The first kappa shape index (κ1) is 14.6. The van der Waals surface area contributed by atoms with Crippen molar-refractivity contribution in [3.05, 3.63) is 47.3 Å². The van der Waals surface area contributed by atoms with Gasteiger partial charge in [-0.25, -0.2) is 0 Å². The number of aromatic nitrogens is 2. The Morgan fingerprint density at radius 1 is 1.23 bits per heavy atom. The van der Waals surface area contributed by atoms with Gasteiger partial charge < -0.3 is 9.64 Å². The van der Waals surface area contributed by atoms with E-state index in [1.165, 1.54) is 11.1 Å². The summed E-state index contributed by atoms with van der Waals surface area (Å²) in [4.78, 5) is 14.5. The molecule has 0 spiro atoms. The van der Waals surface area contributed by atoms with Crippen LogP contribution in [0, 0.1) is 0 Å². The van der Waals surface area contributed by atoms with Crippen molar-refractivity contribution in [2.45, 2.75) is 26.3 Å². The number of ether oxygens (including phenoxy) is 1. The van der Waals surface area contributed by atoms with Gasteiger partial charge in [-0.1, -0.05) is 6.07 Å². The van der Waals surface area contributed by atoms with E-state index in [4.69, 9.17) is 4.74 Å². The number of carbonyl (C=O) groups excluding carboxylic acids is 1. The van der Waals surface area contributed by atoms with Crippen molar-refractivity contribution in [1.82, 2.24) is 14.7 Å². The molecule has 0 atom stereocenters. The van der Waals surface area contributed by atoms with Gasteiger partial charge in [-0.2, -0.15) is 5.10 Å². The molecule has 0 saturated heterocycles.